The molecule has 0 atom stereocenters. The van der Waals surface area contributed by atoms with Crippen LogP contribution in [0, 0.1) is 5.92 Å². The highest BCUT2D eigenvalue weighted by atomic mass is 127. The Morgan fingerprint density at radius 1 is 1.29 bits per heavy atom. The van der Waals surface area contributed by atoms with Crippen molar-refractivity contribution in [3.8, 4) is 0 Å². The summed E-state index contributed by atoms with van der Waals surface area (Å²) in [6, 6.07) is 0. The molecule has 1 aromatic rings. The van der Waals surface area contributed by atoms with Crippen molar-refractivity contribution in [1.29, 1.82) is 0 Å². The summed E-state index contributed by atoms with van der Waals surface area (Å²) in [5.74, 6) is 0.674. The molecule has 17 heavy (non-hydrogen) atoms. The second-order valence-electron chi connectivity index (χ2n) is 6.48. The summed E-state index contributed by atoms with van der Waals surface area (Å²) >= 11 is 2.40. The maximum absolute atomic E-state index is 4.36. The largest absolute Gasteiger partial charge is 0.246 e. The van der Waals surface area contributed by atoms with Crippen molar-refractivity contribution in [2.45, 2.75) is 58.9 Å². The summed E-state index contributed by atoms with van der Waals surface area (Å²) in [6.07, 6.45) is 3.25. The molecule has 0 aliphatic carbocycles. The van der Waals surface area contributed by atoms with Gasteiger partial charge in [-0.15, -0.1) is 5.10 Å². The van der Waals surface area contributed by atoms with E-state index >= 15 is 0 Å². The first-order valence-corrected chi connectivity index (χ1v) is 7.71. The first-order valence-electron chi connectivity index (χ1n) is 6.18. The van der Waals surface area contributed by atoms with Crippen LogP contribution in [0.15, 0.2) is 6.20 Å². The molecule has 0 bridgehead atoms. The number of alkyl halides is 1. The fourth-order valence-corrected chi connectivity index (χ4v) is 2.41. The Labute approximate surface area is 119 Å². The first kappa shape index (κ1) is 14.9. The second kappa shape index (κ2) is 5.24. The summed E-state index contributed by atoms with van der Waals surface area (Å²) in [6.45, 7) is 13.4. The molecular weight excluding hydrogens is 325 g/mol. The van der Waals surface area contributed by atoms with Gasteiger partial charge in [-0.1, -0.05) is 55.5 Å². The lowest BCUT2D eigenvalue weighted by molar-refractivity contribution is 0.360. The van der Waals surface area contributed by atoms with Gasteiger partial charge >= 0.3 is 0 Å². The van der Waals surface area contributed by atoms with E-state index in [0.717, 1.165) is 16.5 Å². The van der Waals surface area contributed by atoms with Crippen LogP contribution >= 0.6 is 22.6 Å². The van der Waals surface area contributed by atoms with Crippen LogP contribution in [0.2, 0.25) is 0 Å². The molecule has 0 N–H and O–H groups in total. The zero-order valence-corrected chi connectivity index (χ0v) is 13.9. The lowest BCUT2D eigenvalue weighted by Crippen LogP contribution is -2.28. The van der Waals surface area contributed by atoms with E-state index in [-0.39, 0.29) is 11.0 Å². The highest BCUT2D eigenvalue weighted by Gasteiger charge is 2.28. The Bertz CT molecular complexity index is 366. The van der Waals surface area contributed by atoms with Gasteiger partial charge in [0.2, 0.25) is 0 Å². The number of rotatable bonds is 5. The molecule has 1 aromatic heterocycles. The number of halogens is 1. The van der Waals surface area contributed by atoms with E-state index in [9.17, 15) is 0 Å². The van der Waals surface area contributed by atoms with Crippen LogP contribution in [0.25, 0.3) is 0 Å². The second-order valence-corrected chi connectivity index (χ2v) is 7.24. The van der Waals surface area contributed by atoms with Crippen molar-refractivity contribution in [3.05, 3.63) is 11.9 Å². The molecule has 0 aliphatic rings. The topological polar surface area (TPSA) is 30.7 Å². The Balaban J connectivity index is 2.95. The third kappa shape index (κ3) is 3.66. The monoisotopic (exact) mass is 349 g/mol. The van der Waals surface area contributed by atoms with Crippen molar-refractivity contribution in [3.63, 3.8) is 0 Å². The summed E-state index contributed by atoms with van der Waals surface area (Å²) in [5.41, 5.74) is 1.25. The van der Waals surface area contributed by atoms with Crippen LogP contribution in [0.5, 0.6) is 0 Å². The predicted molar refractivity (Wildman–Crippen MR) is 80.7 cm³/mol. The Kier molecular flexibility index (Phi) is 4.60. The Morgan fingerprint density at radius 3 is 2.35 bits per heavy atom. The van der Waals surface area contributed by atoms with Crippen LogP contribution in [0.3, 0.4) is 0 Å². The molecule has 0 unspecified atom stereocenters. The number of hydrogen-bond acceptors (Lipinski definition) is 2. The number of aromatic nitrogens is 3. The summed E-state index contributed by atoms with van der Waals surface area (Å²) in [7, 11) is 0. The van der Waals surface area contributed by atoms with E-state index in [1.165, 1.54) is 0 Å². The van der Waals surface area contributed by atoms with Gasteiger partial charge in [0.05, 0.1) is 11.2 Å². The zero-order valence-electron chi connectivity index (χ0n) is 11.8. The normalized spacial score (nSPS) is 13.4. The summed E-state index contributed by atoms with van der Waals surface area (Å²) < 4.78 is 3.02. The van der Waals surface area contributed by atoms with Gasteiger partial charge in [-0.2, -0.15) is 0 Å². The maximum atomic E-state index is 4.36. The van der Waals surface area contributed by atoms with Crippen LogP contribution in [0.1, 0.15) is 53.7 Å². The number of nitrogens with zero attached hydrogens (tertiary/aromatic N) is 3. The zero-order chi connectivity index (χ0) is 13.3. The molecule has 0 fully saturated rings. The first-order chi connectivity index (χ1) is 7.69. The van der Waals surface area contributed by atoms with Gasteiger partial charge in [-0.05, 0) is 26.2 Å². The highest BCUT2D eigenvalue weighted by Crippen LogP contribution is 2.29. The predicted octanol–water partition coefficient (Wildman–Crippen LogP) is 3.77. The fourth-order valence-electron chi connectivity index (χ4n) is 2.06. The molecule has 0 radical (unpaired) electrons. The van der Waals surface area contributed by atoms with Gasteiger partial charge in [-0.3, -0.25) is 0 Å². The Morgan fingerprint density at radius 2 is 1.88 bits per heavy atom. The van der Waals surface area contributed by atoms with Gasteiger partial charge in [0.25, 0.3) is 0 Å². The van der Waals surface area contributed by atoms with E-state index in [2.05, 4.69) is 80.6 Å². The molecule has 1 rings (SSSR count). The summed E-state index contributed by atoms with van der Waals surface area (Å²) in [5, 5.41) is 8.66. The van der Waals surface area contributed by atoms with E-state index in [1.807, 2.05) is 4.68 Å². The smallest absolute Gasteiger partial charge is 0.0883 e. The molecule has 0 aromatic carbocycles. The van der Waals surface area contributed by atoms with Crippen LogP contribution in [-0.4, -0.2) is 19.4 Å². The summed E-state index contributed by atoms with van der Waals surface area (Å²) in [4.78, 5) is 0. The molecule has 0 spiro atoms. The van der Waals surface area contributed by atoms with Gasteiger partial charge in [0.15, 0.2) is 0 Å². The molecular formula is C13H24IN3. The van der Waals surface area contributed by atoms with E-state index < -0.39 is 0 Å². The van der Waals surface area contributed by atoms with Gasteiger partial charge < -0.3 is 0 Å². The molecule has 3 nitrogen and oxygen atoms in total. The van der Waals surface area contributed by atoms with Crippen molar-refractivity contribution >= 4 is 22.6 Å². The minimum Gasteiger partial charge on any atom is -0.246 e. The molecule has 4 heteroatoms. The van der Waals surface area contributed by atoms with Gasteiger partial charge in [0, 0.05) is 16.0 Å². The third-order valence-electron chi connectivity index (χ3n) is 3.05. The van der Waals surface area contributed by atoms with Crippen molar-refractivity contribution < 1.29 is 0 Å². The minimum atomic E-state index is 0.0414. The van der Waals surface area contributed by atoms with E-state index in [0.29, 0.717) is 5.92 Å². The molecule has 0 aliphatic heterocycles. The van der Waals surface area contributed by atoms with Crippen LogP contribution in [0.4, 0.5) is 0 Å². The average Bonchev–Trinajstić information content (AvgIpc) is 2.65. The van der Waals surface area contributed by atoms with Gasteiger partial charge in [0.1, 0.15) is 0 Å². The molecule has 0 saturated carbocycles. The Hall–Kier alpha value is -0.130. The lowest BCUT2D eigenvalue weighted by Gasteiger charge is -2.25. The molecule has 0 saturated heterocycles. The minimum absolute atomic E-state index is 0.0414. The molecule has 1 heterocycles. The highest BCUT2D eigenvalue weighted by molar-refractivity contribution is 14.1. The quantitative estimate of drug-likeness (QED) is 0.598. The van der Waals surface area contributed by atoms with Crippen LogP contribution in [-0.2, 0) is 11.0 Å². The molecule has 98 valence electrons. The standard InChI is InChI=1S/C13H24IN3/c1-10(2)7-12(3,4)11-8-17(16-15-11)13(5,6)9-14/h8,10H,7,9H2,1-6H3. The lowest BCUT2D eigenvalue weighted by atomic mass is 9.81. The van der Waals surface area contributed by atoms with Gasteiger partial charge in [-0.25, -0.2) is 4.68 Å². The van der Waals surface area contributed by atoms with E-state index in [1.54, 1.807) is 0 Å². The fraction of sp³-hybridized carbons (Fsp3) is 0.846. The number of hydrogen-bond donors (Lipinski definition) is 0. The average molecular weight is 349 g/mol. The SMILES string of the molecule is CC(C)CC(C)(C)c1cn(C(C)(C)CI)nn1. The maximum Gasteiger partial charge on any atom is 0.0883 e. The van der Waals surface area contributed by atoms with Crippen molar-refractivity contribution in [2.75, 3.05) is 4.43 Å². The van der Waals surface area contributed by atoms with E-state index in [4.69, 9.17) is 0 Å². The van der Waals surface area contributed by atoms with Crippen LogP contribution < -0.4 is 0 Å². The van der Waals surface area contributed by atoms with Crippen molar-refractivity contribution in [2.24, 2.45) is 5.92 Å². The molecule has 0 amide bonds. The van der Waals surface area contributed by atoms with Crippen molar-refractivity contribution in [1.82, 2.24) is 15.0 Å². The third-order valence-corrected chi connectivity index (χ3v) is 4.92.